The van der Waals surface area contributed by atoms with Gasteiger partial charge in [0.25, 0.3) is 0 Å². The smallest absolute Gasteiger partial charge is 0.250 e. The molecule has 3 aromatic rings. The van der Waals surface area contributed by atoms with Crippen LogP contribution in [0, 0.1) is 0 Å². The van der Waals surface area contributed by atoms with Crippen molar-refractivity contribution < 1.29 is 14.2 Å². The van der Waals surface area contributed by atoms with Crippen molar-refractivity contribution in [3.05, 3.63) is 64.7 Å². The predicted octanol–water partition coefficient (Wildman–Crippen LogP) is 3.22. The van der Waals surface area contributed by atoms with Gasteiger partial charge in [-0.1, -0.05) is 41.9 Å². The Morgan fingerprint density at radius 3 is 2.14 bits per heavy atom. The van der Waals surface area contributed by atoms with Crippen LogP contribution in [0.1, 0.15) is 11.1 Å². The lowest BCUT2D eigenvalue weighted by atomic mass is 10.2. The van der Waals surface area contributed by atoms with Crippen LogP contribution in [0.25, 0.3) is 0 Å². The third-order valence-corrected chi connectivity index (χ3v) is 6.20. The Kier molecular flexibility index (Phi) is 8.06. The zero-order valence-electron chi connectivity index (χ0n) is 19.8. The average Bonchev–Trinajstić information content (AvgIpc) is 2.94. The van der Waals surface area contributed by atoms with Gasteiger partial charge in [0.2, 0.25) is 17.8 Å². The average molecular weight is 510 g/mol. The molecule has 1 aromatic heterocycles. The van der Waals surface area contributed by atoms with Gasteiger partial charge in [0.05, 0.1) is 32.6 Å². The maximum Gasteiger partial charge on any atom is 0.250 e. The van der Waals surface area contributed by atoms with Crippen molar-refractivity contribution in [2.45, 2.75) is 6.61 Å². The molecule has 0 saturated carbocycles. The van der Waals surface area contributed by atoms with Crippen LogP contribution in [0.4, 0.5) is 17.8 Å². The van der Waals surface area contributed by atoms with E-state index in [1.54, 1.807) is 6.21 Å². The molecule has 0 unspecified atom stereocenters. The number of ether oxygens (including phenoxy) is 3. The number of nitrogens with one attached hydrogen (secondary N) is 1. The summed E-state index contributed by atoms with van der Waals surface area (Å²) in [7, 11) is 0. The number of anilines is 3. The Labute approximate surface area is 214 Å². The van der Waals surface area contributed by atoms with E-state index < -0.39 is 0 Å². The number of hydrogen-bond donors (Lipinski definition) is 1. The molecule has 0 atom stereocenters. The molecule has 2 saturated heterocycles. The molecule has 5 rings (SSSR count). The summed E-state index contributed by atoms with van der Waals surface area (Å²) in [5.41, 5.74) is 4.71. The maximum absolute atomic E-state index is 6.26. The highest BCUT2D eigenvalue weighted by Crippen LogP contribution is 2.22. The summed E-state index contributed by atoms with van der Waals surface area (Å²) in [5, 5.41) is 5.07. The standard InChI is InChI=1S/C25H28ClN7O3/c26-21-7-3-1-6-20(21)18-36-22-8-4-2-5-19(22)17-27-31-23-28-24(32-9-13-34-14-10-32)30-25(29-23)33-11-15-35-16-12-33/h1-8,17H,9-16,18H2,(H,28,29,30,31)/b27-17-. The summed E-state index contributed by atoms with van der Waals surface area (Å²) < 4.78 is 17.0. The first kappa shape index (κ1) is 24.2. The summed E-state index contributed by atoms with van der Waals surface area (Å²) in [6.45, 7) is 5.84. The highest BCUT2D eigenvalue weighted by molar-refractivity contribution is 6.31. The molecule has 3 heterocycles. The van der Waals surface area contributed by atoms with E-state index in [-0.39, 0.29) is 0 Å². The lowest BCUT2D eigenvalue weighted by molar-refractivity contribution is 0.121. The van der Waals surface area contributed by atoms with Gasteiger partial charge < -0.3 is 24.0 Å². The van der Waals surface area contributed by atoms with Crippen molar-refractivity contribution >= 4 is 35.7 Å². The molecular formula is C25H28ClN7O3. The fraction of sp³-hybridized carbons (Fsp3) is 0.360. The number of aromatic nitrogens is 3. The van der Waals surface area contributed by atoms with Crippen LogP contribution in [-0.4, -0.2) is 73.8 Å². The first-order chi connectivity index (χ1) is 17.8. The number of hydrazone groups is 1. The van der Waals surface area contributed by atoms with Gasteiger partial charge in [-0.25, -0.2) is 5.43 Å². The third-order valence-electron chi connectivity index (χ3n) is 5.83. The monoisotopic (exact) mass is 509 g/mol. The minimum Gasteiger partial charge on any atom is -0.488 e. The molecule has 0 amide bonds. The molecular weight excluding hydrogens is 482 g/mol. The summed E-state index contributed by atoms with van der Waals surface area (Å²) >= 11 is 6.26. The largest absolute Gasteiger partial charge is 0.488 e. The normalized spacial score (nSPS) is 16.4. The zero-order valence-corrected chi connectivity index (χ0v) is 20.6. The molecule has 1 N–H and O–H groups in total. The van der Waals surface area contributed by atoms with Crippen LogP contribution in [-0.2, 0) is 16.1 Å². The first-order valence-electron chi connectivity index (χ1n) is 11.9. The van der Waals surface area contributed by atoms with E-state index in [1.807, 2.05) is 48.5 Å². The SMILES string of the molecule is Clc1ccccc1COc1ccccc1/C=N\Nc1nc(N2CCOCC2)nc(N2CCOCC2)n1. The first-order valence-corrected chi connectivity index (χ1v) is 12.3. The van der Waals surface area contributed by atoms with E-state index in [9.17, 15) is 0 Å². The van der Waals surface area contributed by atoms with E-state index in [2.05, 4.69) is 30.3 Å². The second kappa shape index (κ2) is 12.0. The highest BCUT2D eigenvalue weighted by atomic mass is 35.5. The van der Waals surface area contributed by atoms with Crippen LogP contribution in [0.5, 0.6) is 5.75 Å². The summed E-state index contributed by atoms with van der Waals surface area (Å²) in [6.07, 6.45) is 1.69. The van der Waals surface area contributed by atoms with Gasteiger partial charge in [-0.2, -0.15) is 20.1 Å². The van der Waals surface area contributed by atoms with Crippen LogP contribution < -0.4 is 20.0 Å². The van der Waals surface area contributed by atoms with Crippen LogP contribution in [0.2, 0.25) is 5.02 Å². The number of morpholine rings is 2. The van der Waals surface area contributed by atoms with Gasteiger partial charge in [0.15, 0.2) is 0 Å². The lowest BCUT2D eigenvalue weighted by Gasteiger charge is -2.30. The van der Waals surface area contributed by atoms with Crippen molar-refractivity contribution in [1.29, 1.82) is 0 Å². The molecule has 0 aliphatic carbocycles. The molecule has 2 aromatic carbocycles. The molecule has 10 nitrogen and oxygen atoms in total. The lowest BCUT2D eigenvalue weighted by Crippen LogP contribution is -2.40. The quantitative estimate of drug-likeness (QED) is 0.362. The second-order valence-electron chi connectivity index (χ2n) is 8.25. The number of hydrogen-bond acceptors (Lipinski definition) is 10. The summed E-state index contributed by atoms with van der Waals surface area (Å²) in [4.78, 5) is 18.1. The van der Waals surface area contributed by atoms with Crippen molar-refractivity contribution in [3.8, 4) is 5.75 Å². The Morgan fingerprint density at radius 2 is 1.47 bits per heavy atom. The Morgan fingerprint density at radius 1 is 0.861 bits per heavy atom. The van der Waals surface area contributed by atoms with E-state index >= 15 is 0 Å². The van der Waals surface area contributed by atoms with E-state index in [1.165, 1.54) is 0 Å². The van der Waals surface area contributed by atoms with Crippen molar-refractivity contribution in [1.82, 2.24) is 15.0 Å². The van der Waals surface area contributed by atoms with Gasteiger partial charge in [-0.3, -0.25) is 0 Å². The molecule has 36 heavy (non-hydrogen) atoms. The second-order valence-corrected chi connectivity index (χ2v) is 8.65. The summed E-state index contributed by atoms with van der Waals surface area (Å²) in [6, 6.07) is 15.3. The van der Waals surface area contributed by atoms with Crippen LogP contribution in [0.15, 0.2) is 53.6 Å². The van der Waals surface area contributed by atoms with Crippen molar-refractivity contribution in [2.24, 2.45) is 5.10 Å². The molecule has 0 bridgehead atoms. The van der Waals surface area contributed by atoms with Crippen LogP contribution in [0.3, 0.4) is 0 Å². The van der Waals surface area contributed by atoms with E-state index in [0.29, 0.717) is 61.7 Å². The van der Waals surface area contributed by atoms with Gasteiger partial charge in [-0.15, -0.1) is 0 Å². The Bertz CT molecular complexity index is 1150. The van der Waals surface area contributed by atoms with Gasteiger partial charge in [0.1, 0.15) is 12.4 Å². The van der Waals surface area contributed by atoms with Gasteiger partial charge in [0, 0.05) is 42.3 Å². The number of nitrogens with zero attached hydrogens (tertiary/aromatic N) is 6. The van der Waals surface area contributed by atoms with Crippen molar-refractivity contribution in [3.63, 3.8) is 0 Å². The molecule has 11 heteroatoms. The fourth-order valence-corrected chi connectivity index (χ4v) is 4.05. The molecule has 2 aliphatic heterocycles. The number of benzene rings is 2. The zero-order chi connectivity index (χ0) is 24.6. The molecule has 0 spiro atoms. The number of halogens is 1. The minimum atomic E-state index is 0.358. The highest BCUT2D eigenvalue weighted by Gasteiger charge is 2.20. The topological polar surface area (TPSA) is 97.2 Å². The predicted molar refractivity (Wildman–Crippen MR) is 139 cm³/mol. The number of rotatable bonds is 8. The van der Waals surface area contributed by atoms with E-state index in [4.69, 9.17) is 30.8 Å². The Hall–Kier alpha value is -3.47. The Balaban J connectivity index is 1.32. The van der Waals surface area contributed by atoms with Crippen LogP contribution >= 0.6 is 11.6 Å². The molecule has 2 aliphatic rings. The van der Waals surface area contributed by atoms with E-state index in [0.717, 1.165) is 37.3 Å². The third kappa shape index (κ3) is 6.20. The van der Waals surface area contributed by atoms with Crippen molar-refractivity contribution in [2.75, 3.05) is 67.8 Å². The molecule has 2 fully saturated rings. The maximum atomic E-state index is 6.26. The van der Waals surface area contributed by atoms with Gasteiger partial charge in [-0.05, 0) is 18.2 Å². The minimum absolute atomic E-state index is 0.358. The number of para-hydroxylation sites is 1. The molecule has 0 radical (unpaired) electrons. The molecule has 188 valence electrons. The fourth-order valence-electron chi connectivity index (χ4n) is 3.86. The van der Waals surface area contributed by atoms with Gasteiger partial charge >= 0.3 is 0 Å². The summed E-state index contributed by atoms with van der Waals surface area (Å²) in [5.74, 6) is 2.28.